The van der Waals surface area contributed by atoms with Gasteiger partial charge in [0.2, 0.25) is 0 Å². The molecule has 1 heterocycles. The average Bonchev–Trinajstić information content (AvgIpc) is 2.83. The first-order chi connectivity index (χ1) is 8.38. The number of likely N-dealkylation sites (tertiary alicyclic amines) is 1. The molecule has 1 N–H and O–H groups in total. The molecule has 0 radical (unpaired) electrons. The van der Waals surface area contributed by atoms with E-state index in [0.717, 1.165) is 26.2 Å². The van der Waals surface area contributed by atoms with Gasteiger partial charge in [0.1, 0.15) is 0 Å². The quantitative estimate of drug-likeness (QED) is 0.807. The van der Waals surface area contributed by atoms with E-state index < -0.39 is 0 Å². The van der Waals surface area contributed by atoms with Crippen molar-refractivity contribution in [1.29, 1.82) is 0 Å². The molecule has 3 nitrogen and oxygen atoms in total. The molecule has 1 aliphatic rings. The molecule has 2 rings (SSSR count). The minimum atomic E-state index is 0.632. The van der Waals surface area contributed by atoms with Crippen molar-refractivity contribution in [1.82, 2.24) is 10.2 Å². The van der Waals surface area contributed by atoms with Crippen LogP contribution in [-0.2, 0) is 11.3 Å². The van der Waals surface area contributed by atoms with Gasteiger partial charge >= 0.3 is 0 Å². The van der Waals surface area contributed by atoms with E-state index in [1.54, 1.807) is 7.11 Å². The number of hydrogen-bond donors (Lipinski definition) is 1. The van der Waals surface area contributed by atoms with Crippen LogP contribution in [0.2, 0.25) is 0 Å². The molecule has 0 saturated carbocycles. The molecule has 0 bridgehead atoms. The van der Waals surface area contributed by atoms with Crippen LogP contribution in [0, 0.1) is 0 Å². The van der Waals surface area contributed by atoms with Crippen molar-refractivity contribution < 1.29 is 4.74 Å². The van der Waals surface area contributed by atoms with Gasteiger partial charge in [0.15, 0.2) is 0 Å². The fourth-order valence-electron chi connectivity index (χ4n) is 2.28. The number of rotatable bonds is 6. The first-order valence-electron chi connectivity index (χ1n) is 6.37. The van der Waals surface area contributed by atoms with Crippen molar-refractivity contribution in [3.63, 3.8) is 0 Å². The molecule has 1 saturated heterocycles. The second-order valence-corrected chi connectivity index (χ2v) is 4.65. The molecule has 17 heavy (non-hydrogen) atoms. The van der Waals surface area contributed by atoms with Crippen LogP contribution in [0.4, 0.5) is 0 Å². The van der Waals surface area contributed by atoms with Gasteiger partial charge in [0.05, 0.1) is 6.61 Å². The largest absolute Gasteiger partial charge is 0.383 e. The second kappa shape index (κ2) is 6.74. The Morgan fingerprint density at radius 2 is 2.18 bits per heavy atom. The zero-order chi connectivity index (χ0) is 11.9. The normalized spacial score (nSPS) is 20.9. The highest BCUT2D eigenvalue weighted by atomic mass is 16.5. The van der Waals surface area contributed by atoms with Crippen molar-refractivity contribution in [2.45, 2.75) is 19.0 Å². The van der Waals surface area contributed by atoms with Gasteiger partial charge in [0, 0.05) is 32.8 Å². The Labute approximate surface area is 104 Å². The maximum Gasteiger partial charge on any atom is 0.0589 e. The monoisotopic (exact) mass is 234 g/mol. The topological polar surface area (TPSA) is 24.5 Å². The van der Waals surface area contributed by atoms with Gasteiger partial charge in [0.25, 0.3) is 0 Å². The maximum absolute atomic E-state index is 5.11. The van der Waals surface area contributed by atoms with E-state index in [1.807, 2.05) is 0 Å². The van der Waals surface area contributed by atoms with Crippen LogP contribution in [-0.4, -0.2) is 44.3 Å². The molecular formula is C14H22N2O. The van der Waals surface area contributed by atoms with Crippen molar-refractivity contribution >= 4 is 0 Å². The molecule has 3 heteroatoms. The molecule has 94 valence electrons. The van der Waals surface area contributed by atoms with Crippen LogP contribution >= 0.6 is 0 Å². The van der Waals surface area contributed by atoms with E-state index >= 15 is 0 Å². The van der Waals surface area contributed by atoms with Crippen molar-refractivity contribution in [3.05, 3.63) is 35.9 Å². The van der Waals surface area contributed by atoms with Crippen molar-refractivity contribution in [3.8, 4) is 0 Å². The van der Waals surface area contributed by atoms with E-state index in [1.165, 1.54) is 18.5 Å². The number of ether oxygens (including phenoxy) is 1. The Bertz CT molecular complexity index is 315. The number of nitrogens with zero attached hydrogens (tertiary/aromatic N) is 1. The van der Waals surface area contributed by atoms with E-state index in [0.29, 0.717) is 6.04 Å². The van der Waals surface area contributed by atoms with E-state index in [-0.39, 0.29) is 0 Å². The predicted molar refractivity (Wildman–Crippen MR) is 70.0 cm³/mol. The fourth-order valence-corrected chi connectivity index (χ4v) is 2.28. The predicted octanol–water partition coefficient (Wildman–Crippen LogP) is 1.50. The third-order valence-corrected chi connectivity index (χ3v) is 3.32. The molecule has 0 amide bonds. The SMILES string of the molecule is COCCN1CCC(NCc2ccccc2)C1. The molecule has 0 spiro atoms. The molecule has 0 aromatic heterocycles. The molecular weight excluding hydrogens is 212 g/mol. The van der Waals surface area contributed by atoms with Crippen molar-refractivity contribution in [2.75, 3.05) is 33.4 Å². The summed E-state index contributed by atoms with van der Waals surface area (Å²) in [7, 11) is 1.77. The smallest absolute Gasteiger partial charge is 0.0589 e. The lowest BCUT2D eigenvalue weighted by molar-refractivity contribution is 0.159. The summed E-state index contributed by atoms with van der Waals surface area (Å²) in [6, 6.07) is 11.2. The molecule has 0 aliphatic carbocycles. The first-order valence-corrected chi connectivity index (χ1v) is 6.37. The second-order valence-electron chi connectivity index (χ2n) is 4.65. The zero-order valence-electron chi connectivity index (χ0n) is 10.6. The summed E-state index contributed by atoms with van der Waals surface area (Å²) in [6.07, 6.45) is 1.25. The average molecular weight is 234 g/mol. The molecule has 1 unspecified atom stereocenters. The first kappa shape index (κ1) is 12.6. The van der Waals surface area contributed by atoms with Gasteiger partial charge in [-0.15, -0.1) is 0 Å². The molecule has 1 aliphatic heterocycles. The highest BCUT2D eigenvalue weighted by molar-refractivity contribution is 5.14. The lowest BCUT2D eigenvalue weighted by atomic mass is 10.2. The Balaban J connectivity index is 1.68. The number of nitrogens with one attached hydrogen (secondary N) is 1. The van der Waals surface area contributed by atoms with Crippen LogP contribution in [0.15, 0.2) is 30.3 Å². The summed E-state index contributed by atoms with van der Waals surface area (Å²) >= 11 is 0. The van der Waals surface area contributed by atoms with Gasteiger partial charge in [-0.1, -0.05) is 30.3 Å². The molecule has 1 atom stereocenters. The number of benzene rings is 1. The van der Waals surface area contributed by atoms with Gasteiger partial charge in [-0.05, 0) is 18.5 Å². The van der Waals surface area contributed by atoms with Crippen LogP contribution in [0.25, 0.3) is 0 Å². The van der Waals surface area contributed by atoms with E-state index in [9.17, 15) is 0 Å². The third kappa shape index (κ3) is 4.11. The summed E-state index contributed by atoms with van der Waals surface area (Å²) < 4.78 is 5.11. The maximum atomic E-state index is 5.11. The lowest BCUT2D eigenvalue weighted by Gasteiger charge is -2.16. The highest BCUT2D eigenvalue weighted by Crippen LogP contribution is 2.09. The molecule has 1 aromatic carbocycles. The summed E-state index contributed by atoms with van der Waals surface area (Å²) in [5.74, 6) is 0. The van der Waals surface area contributed by atoms with Crippen LogP contribution < -0.4 is 5.32 Å². The van der Waals surface area contributed by atoms with Gasteiger partial charge in [-0.3, -0.25) is 4.90 Å². The minimum absolute atomic E-state index is 0.632. The Morgan fingerprint density at radius 3 is 2.94 bits per heavy atom. The van der Waals surface area contributed by atoms with Crippen LogP contribution in [0.5, 0.6) is 0 Å². The number of methoxy groups -OCH3 is 1. The van der Waals surface area contributed by atoms with E-state index in [4.69, 9.17) is 4.74 Å². The third-order valence-electron chi connectivity index (χ3n) is 3.32. The van der Waals surface area contributed by atoms with Gasteiger partial charge < -0.3 is 10.1 Å². The summed E-state index contributed by atoms with van der Waals surface area (Å²) in [5, 5.41) is 3.62. The van der Waals surface area contributed by atoms with Crippen LogP contribution in [0.3, 0.4) is 0 Å². The Hall–Kier alpha value is -0.900. The minimum Gasteiger partial charge on any atom is -0.383 e. The summed E-state index contributed by atoms with van der Waals surface area (Å²) in [6.45, 7) is 5.21. The van der Waals surface area contributed by atoms with E-state index in [2.05, 4.69) is 40.5 Å². The Morgan fingerprint density at radius 1 is 1.35 bits per heavy atom. The fraction of sp³-hybridized carbons (Fsp3) is 0.571. The zero-order valence-corrected chi connectivity index (χ0v) is 10.6. The summed E-state index contributed by atoms with van der Waals surface area (Å²) in [4.78, 5) is 2.46. The number of hydrogen-bond acceptors (Lipinski definition) is 3. The van der Waals surface area contributed by atoms with Gasteiger partial charge in [-0.25, -0.2) is 0 Å². The lowest BCUT2D eigenvalue weighted by Crippen LogP contribution is -2.33. The standard InChI is InChI=1S/C14H22N2O/c1-17-10-9-16-8-7-14(12-16)15-11-13-5-3-2-4-6-13/h2-6,14-15H,7-12H2,1H3. The van der Waals surface area contributed by atoms with Gasteiger partial charge in [-0.2, -0.15) is 0 Å². The molecule has 1 aromatic rings. The van der Waals surface area contributed by atoms with Crippen LogP contribution in [0.1, 0.15) is 12.0 Å². The highest BCUT2D eigenvalue weighted by Gasteiger charge is 2.21. The summed E-state index contributed by atoms with van der Waals surface area (Å²) in [5.41, 5.74) is 1.36. The molecule has 1 fully saturated rings. The Kier molecular flexibility index (Phi) is 4.98. The van der Waals surface area contributed by atoms with Crippen molar-refractivity contribution in [2.24, 2.45) is 0 Å².